The van der Waals surface area contributed by atoms with E-state index in [1.54, 1.807) is 6.07 Å². The number of carbonyl (C=O) groups is 2. The van der Waals surface area contributed by atoms with Crippen molar-refractivity contribution in [3.05, 3.63) is 35.4 Å². The second-order valence-electron chi connectivity index (χ2n) is 9.39. The molecule has 1 aromatic carbocycles. The molecule has 1 aliphatic heterocycles. The first kappa shape index (κ1) is 24.0. The molecule has 0 bridgehead atoms. The van der Waals surface area contributed by atoms with Crippen molar-refractivity contribution >= 4 is 11.9 Å². The topological polar surface area (TPSA) is 61.4 Å². The molecule has 1 saturated heterocycles. The van der Waals surface area contributed by atoms with Crippen LogP contribution in [0.25, 0.3) is 0 Å². The Morgan fingerprint density at radius 3 is 2.40 bits per heavy atom. The Kier molecular flexibility index (Phi) is 7.42. The molecule has 0 unspecified atom stereocenters. The van der Waals surface area contributed by atoms with Gasteiger partial charge in [-0.15, -0.1) is 0 Å². The highest BCUT2D eigenvalue weighted by Crippen LogP contribution is 2.36. The van der Waals surface area contributed by atoms with Gasteiger partial charge >= 0.3 is 12.2 Å². The third-order valence-corrected chi connectivity index (χ3v) is 5.09. The second-order valence-corrected chi connectivity index (χ2v) is 9.39. The van der Waals surface area contributed by atoms with E-state index < -0.39 is 29.1 Å². The first-order valence-corrected chi connectivity index (χ1v) is 10.3. The predicted octanol–water partition coefficient (Wildman–Crippen LogP) is 4.39. The number of benzene rings is 1. The molecule has 1 aromatic rings. The molecule has 2 N–H and O–H groups in total. The normalized spacial score (nSPS) is 19.8. The van der Waals surface area contributed by atoms with E-state index in [2.05, 4.69) is 10.6 Å². The van der Waals surface area contributed by atoms with E-state index in [4.69, 9.17) is 0 Å². The van der Waals surface area contributed by atoms with Crippen molar-refractivity contribution in [2.75, 3.05) is 19.6 Å². The van der Waals surface area contributed by atoms with Crippen molar-refractivity contribution in [3.8, 4) is 0 Å². The SMILES string of the molecule is CC(C)CCNC(=O)[C@@H]1CN(C(=O)NC(C)(C)C)C[C@@H]1c1cccc(C(F)(F)F)c1. The summed E-state index contributed by atoms with van der Waals surface area (Å²) in [6.45, 7) is 10.5. The molecule has 0 spiro atoms. The molecule has 168 valence electrons. The maximum absolute atomic E-state index is 13.2. The van der Waals surface area contributed by atoms with Gasteiger partial charge in [-0.05, 0) is 44.7 Å². The van der Waals surface area contributed by atoms with Crippen LogP contribution in [-0.4, -0.2) is 42.0 Å². The fourth-order valence-electron chi connectivity index (χ4n) is 3.53. The van der Waals surface area contributed by atoms with E-state index in [1.807, 2.05) is 34.6 Å². The van der Waals surface area contributed by atoms with Crippen LogP contribution in [0.15, 0.2) is 24.3 Å². The highest BCUT2D eigenvalue weighted by atomic mass is 19.4. The third-order valence-electron chi connectivity index (χ3n) is 5.09. The lowest BCUT2D eigenvalue weighted by Gasteiger charge is -2.25. The summed E-state index contributed by atoms with van der Waals surface area (Å²) >= 11 is 0. The number of likely N-dealkylation sites (tertiary alicyclic amines) is 1. The second kappa shape index (κ2) is 9.27. The fourth-order valence-corrected chi connectivity index (χ4v) is 3.53. The summed E-state index contributed by atoms with van der Waals surface area (Å²) in [6.07, 6.45) is -3.66. The van der Waals surface area contributed by atoms with Gasteiger partial charge in [-0.25, -0.2) is 4.79 Å². The average Bonchev–Trinajstić information content (AvgIpc) is 3.05. The van der Waals surface area contributed by atoms with Crippen LogP contribution < -0.4 is 10.6 Å². The summed E-state index contributed by atoms with van der Waals surface area (Å²) in [4.78, 5) is 27.0. The number of amides is 3. The summed E-state index contributed by atoms with van der Waals surface area (Å²) in [7, 11) is 0. The summed E-state index contributed by atoms with van der Waals surface area (Å²) in [5.41, 5.74) is -0.795. The van der Waals surface area contributed by atoms with Crippen LogP contribution in [0.1, 0.15) is 58.1 Å². The van der Waals surface area contributed by atoms with Crippen molar-refractivity contribution in [1.82, 2.24) is 15.5 Å². The minimum atomic E-state index is -4.47. The van der Waals surface area contributed by atoms with Crippen molar-refractivity contribution in [3.63, 3.8) is 0 Å². The lowest BCUT2D eigenvalue weighted by Crippen LogP contribution is -2.48. The van der Waals surface area contributed by atoms with Crippen LogP contribution in [0.2, 0.25) is 0 Å². The van der Waals surface area contributed by atoms with Crippen LogP contribution in [0.5, 0.6) is 0 Å². The predicted molar refractivity (Wildman–Crippen MR) is 110 cm³/mol. The van der Waals surface area contributed by atoms with E-state index in [1.165, 1.54) is 11.0 Å². The van der Waals surface area contributed by atoms with E-state index in [0.717, 1.165) is 18.6 Å². The van der Waals surface area contributed by atoms with Gasteiger partial charge in [-0.2, -0.15) is 13.2 Å². The largest absolute Gasteiger partial charge is 0.416 e. The van der Waals surface area contributed by atoms with Gasteiger partial charge in [0, 0.05) is 31.1 Å². The van der Waals surface area contributed by atoms with Crippen LogP contribution in [0.4, 0.5) is 18.0 Å². The molecule has 0 aliphatic carbocycles. The molecule has 0 aromatic heterocycles. The lowest BCUT2D eigenvalue weighted by atomic mass is 9.87. The molecule has 8 heteroatoms. The van der Waals surface area contributed by atoms with Crippen LogP contribution in [0, 0.1) is 11.8 Å². The van der Waals surface area contributed by atoms with Gasteiger partial charge in [0.15, 0.2) is 0 Å². The van der Waals surface area contributed by atoms with Gasteiger partial charge in [0.25, 0.3) is 0 Å². The van der Waals surface area contributed by atoms with Gasteiger partial charge in [0.1, 0.15) is 0 Å². The Bertz CT molecular complexity index is 757. The maximum Gasteiger partial charge on any atom is 0.416 e. The van der Waals surface area contributed by atoms with Crippen molar-refractivity contribution in [1.29, 1.82) is 0 Å². The molecule has 0 radical (unpaired) electrons. The number of nitrogens with zero attached hydrogens (tertiary/aromatic N) is 1. The summed E-state index contributed by atoms with van der Waals surface area (Å²) in [6, 6.07) is 4.73. The number of nitrogens with one attached hydrogen (secondary N) is 2. The monoisotopic (exact) mass is 427 g/mol. The van der Waals surface area contributed by atoms with Gasteiger partial charge < -0.3 is 15.5 Å². The molecule has 1 fully saturated rings. The van der Waals surface area contributed by atoms with Crippen molar-refractivity contribution in [2.45, 2.75) is 58.7 Å². The number of halogens is 3. The molecule has 3 amide bonds. The molecule has 1 heterocycles. The minimum Gasteiger partial charge on any atom is -0.356 e. The van der Waals surface area contributed by atoms with Gasteiger partial charge in [0.2, 0.25) is 5.91 Å². The number of hydrogen-bond acceptors (Lipinski definition) is 2. The summed E-state index contributed by atoms with van der Waals surface area (Å²) in [5.74, 6) is -0.922. The van der Waals surface area contributed by atoms with E-state index in [0.29, 0.717) is 18.0 Å². The van der Waals surface area contributed by atoms with Crippen LogP contribution in [0.3, 0.4) is 0 Å². The Morgan fingerprint density at radius 2 is 1.83 bits per heavy atom. The average molecular weight is 428 g/mol. The van der Waals surface area contributed by atoms with E-state index in [9.17, 15) is 22.8 Å². The zero-order valence-corrected chi connectivity index (χ0v) is 18.3. The smallest absolute Gasteiger partial charge is 0.356 e. The molecule has 2 atom stereocenters. The fraction of sp³-hybridized carbons (Fsp3) is 0.636. The zero-order valence-electron chi connectivity index (χ0n) is 18.3. The van der Waals surface area contributed by atoms with Crippen molar-refractivity contribution < 1.29 is 22.8 Å². The highest BCUT2D eigenvalue weighted by molar-refractivity contribution is 5.83. The number of alkyl halides is 3. The van der Waals surface area contributed by atoms with E-state index >= 15 is 0 Å². The lowest BCUT2D eigenvalue weighted by molar-refractivity contribution is -0.137. The molecule has 5 nitrogen and oxygen atoms in total. The minimum absolute atomic E-state index is 0.163. The molecular weight excluding hydrogens is 395 g/mol. The molecule has 1 aliphatic rings. The number of hydrogen-bond donors (Lipinski definition) is 2. The quantitative estimate of drug-likeness (QED) is 0.732. The van der Waals surface area contributed by atoms with Gasteiger partial charge in [-0.3, -0.25) is 4.79 Å². The number of carbonyl (C=O) groups excluding carboxylic acids is 2. The van der Waals surface area contributed by atoms with Crippen molar-refractivity contribution in [2.24, 2.45) is 11.8 Å². The summed E-state index contributed by atoms with van der Waals surface area (Å²) in [5, 5.41) is 5.75. The Labute approximate surface area is 176 Å². The Hall–Kier alpha value is -2.25. The third kappa shape index (κ3) is 6.64. The molecular formula is C22H32F3N3O2. The zero-order chi connectivity index (χ0) is 22.7. The molecule has 2 rings (SSSR count). The maximum atomic E-state index is 13.2. The van der Waals surface area contributed by atoms with Gasteiger partial charge in [-0.1, -0.05) is 32.0 Å². The number of urea groups is 1. The summed E-state index contributed by atoms with van der Waals surface area (Å²) < 4.78 is 39.6. The Balaban J connectivity index is 2.26. The molecule has 0 saturated carbocycles. The standard InChI is InChI=1S/C22H32F3N3O2/c1-14(2)9-10-26-19(29)18-13-28(20(30)27-21(3,4)5)12-17(18)15-7-6-8-16(11-15)22(23,24)25/h6-8,11,14,17-18H,9-10,12-13H2,1-5H3,(H,26,29)(H,27,30)/t17-,18-/m1/s1. The highest BCUT2D eigenvalue weighted by Gasteiger charge is 2.41. The Morgan fingerprint density at radius 1 is 1.17 bits per heavy atom. The van der Waals surface area contributed by atoms with Gasteiger partial charge in [0.05, 0.1) is 11.5 Å². The van der Waals surface area contributed by atoms with Crippen LogP contribution in [-0.2, 0) is 11.0 Å². The first-order chi connectivity index (χ1) is 13.8. The number of rotatable bonds is 5. The molecule has 30 heavy (non-hydrogen) atoms. The van der Waals surface area contributed by atoms with Crippen LogP contribution >= 0.6 is 0 Å². The van der Waals surface area contributed by atoms with E-state index in [-0.39, 0.29) is 25.0 Å². The first-order valence-electron chi connectivity index (χ1n) is 10.3.